The molecule has 3 rings (SSSR count). The molecule has 0 saturated heterocycles. The molecule has 2 fully saturated rings. The largest absolute Gasteiger partial charge is 0.465 e. The van der Waals surface area contributed by atoms with Gasteiger partial charge in [0.25, 0.3) is 0 Å². The van der Waals surface area contributed by atoms with Crippen molar-refractivity contribution >= 4 is 0 Å². The van der Waals surface area contributed by atoms with Crippen molar-refractivity contribution in [3.8, 4) is 11.5 Å². The molecule has 2 aliphatic carbocycles. The minimum atomic E-state index is -0.235. The maximum absolute atomic E-state index is 6.15. The highest BCUT2D eigenvalue weighted by Crippen LogP contribution is 2.31. The van der Waals surface area contributed by atoms with Crippen LogP contribution in [0.1, 0.15) is 89.2 Å². The molecule has 0 spiro atoms. The monoisotopic (exact) mass is 390 g/mol. The topological polar surface area (TPSA) is 36.9 Å². The summed E-state index contributed by atoms with van der Waals surface area (Å²) in [5.74, 6) is 1.74. The molecule has 0 heterocycles. The average Bonchev–Trinajstić information content (AvgIpc) is 2.66. The van der Waals surface area contributed by atoms with Crippen LogP contribution >= 0.6 is 0 Å². The van der Waals surface area contributed by atoms with Gasteiger partial charge in [0.05, 0.1) is 12.2 Å². The van der Waals surface area contributed by atoms with Crippen LogP contribution in [0.5, 0.6) is 11.5 Å². The van der Waals surface area contributed by atoms with Crippen LogP contribution in [-0.2, 0) is 9.47 Å². The van der Waals surface area contributed by atoms with Crippen molar-refractivity contribution in [3.05, 3.63) is 23.3 Å². The van der Waals surface area contributed by atoms with Gasteiger partial charge in [0.1, 0.15) is 11.5 Å². The molecule has 28 heavy (non-hydrogen) atoms. The molecule has 4 nitrogen and oxygen atoms in total. The van der Waals surface area contributed by atoms with E-state index in [0.29, 0.717) is 12.2 Å². The van der Waals surface area contributed by atoms with Gasteiger partial charge in [-0.05, 0) is 76.6 Å². The summed E-state index contributed by atoms with van der Waals surface area (Å²) < 4.78 is 24.4. The summed E-state index contributed by atoms with van der Waals surface area (Å²) in [7, 11) is 0. The maximum atomic E-state index is 6.15. The van der Waals surface area contributed by atoms with Crippen LogP contribution in [-0.4, -0.2) is 24.8 Å². The number of hydrogen-bond donors (Lipinski definition) is 0. The molecule has 0 radical (unpaired) electrons. The molecule has 2 saturated carbocycles. The van der Waals surface area contributed by atoms with E-state index < -0.39 is 0 Å². The molecule has 1 aromatic carbocycles. The van der Waals surface area contributed by atoms with Crippen LogP contribution in [0.2, 0.25) is 0 Å². The fourth-order valence-corrected chi connectivity index (χ4v) is 4.52. The van der Waals surface area contributed by atoms with Crippen LogP contribution in [0.15, 0.2) is 12.1 Å². The molecular formula is C24H38O4. The Morgan fingerprint density at radius 3 is 1.57 bits per heavy atom. The number of rotatable bonds is 8. The second-order valence-electron chi connectivity index (χ2n) is 8.55. The number of benzene rings is 1. The van der Waals surface area contributed by atoms with Crippen molar-refractivity contribution in [2.45, 2.75) is 117 Å². The molecule has 0 bridgehead atoms. The van der Waals surface area contributed by atoms with Gasteiger partial charge in [-0.3, -0.25) is 0 Å². The van der Waals surface area contributed by atoms with Gasteiger partial charge in [0.15, 0.2) is 12.6 Å². The average molecular weight is 391 g/mol. The van der Waals surface area contributed by atoms with E-state index in [1.807, 2.05) is 26.0 Å². The highest BCUT2D eigenvalue weighted by Gasteiger charge is 2.20. The zero-order chi connectivity index (χ0) is 19.9. The van der Waals surface area contributed by atoms with E-state index in [4.69, 9.17) is 18.9 Å². The van der Waals surface area contributed by atoms with E-state index in [2.05, 4.69) is 13.8 Å². The Hall–Kier alpha value is -1.26. The first-order valence-corrected chi connectivity index (χ1v) is 11.3. The molecule has 0 amide bonds. The van der Waals surface area contributed by atoms with E-state index in [1.54, 1.807) is 0 Å². The number of aryl methyl sites for hydroxylation is 2. The van der Waals surface area contributed by atoms with Crippen LogP contribution < -0.4 is 9.47 Å². The van der Waals surface area contributed by atoms with Crippen molar-refractivity contribution in [2.24, 2.45) is 0 Å². The predicted octanol–water partition coefficient (Wildman–Crippen LogP) is 6.45. The van der Waals surface area contributed by atoms with Gasteiger partial charge in [-0.2, -0.15) is 0 Å². The van der Waals surface area contributed by atoms with Gasteiger partial charge >= 0.3 is 0 Å². The van der Waals surface area contributed by atoms with Gasteiger partial charge in [0.2, 0.25) is 0 Å². The molecule has 158 valence electrons. The number of hydrogen-bond acceptors (Lipinski definition) is 4. The summed E-state index contributed by atoms with van der Waals surface area (Å²) in [6.07, 6.45) is 12.5. The van der Waals surface area contributed by atoms with Gasteiger partial charge in [0, 0.05) is 0 Å². The molecule has 2 atom stereocenters. The second kappa shape index (κ2) is 10.5. The molecular weight excluding hydrogens is 352 g/mol. The Balaban J connectivity index is 1.54. The van der Waals surface area contributed by atoms with Gasteiger partial charge in [-0.25, -0.2) is 0 Å². The highest BCUT2D eigenvalue weighted by atomic mass is 16.7. The lowest BCUT2D eigenvalue weighted by Crippen LogP contribution is -2.27. The van der Waals surface area contributed by atoms with Crippen molar-refractivity contribution in [1.82, 2.24) is 0 Å². The Kier molecular flexibility index (Phi) is 8.04. The quantitative estimate of drug-likeness (QED) is 0.478. The van der Waals surface area contributed by atoms with Crippen LogP contribution in [0, 0.1) is 13.8 Å². The van der Waals surface area contributed by atoms with Crippen molar-refractivity contribution in [1.29, 1.82) is 0 Å². The third-order valence-electron chi connectivity index (χ3n) is 5.89. The Morgan fingerprint density at radius 2 is 1.11 bits per heavy atom. The third kappa shape index (κ3) is 6.38. The third-order valence-corrected chi connectivity index (χ3v) is 5.89. The van der Waals surface area contributed by atoms with E-state index in [-0.39, 0.29) is 12.6 Å². The minimum Gasteiger partial charge on any atom is -0.465 e. The lowest BCUT2D eigenvalue weighted by Gasteiger charge is -2.27. The lowest BCUT2D eigenvalue weighted by atomic mass is 9.98. The van der Waals surface area contributed by atoms with Crippen LogP contribution in [0.3, 0.4) is 0 Å². The molecule has 2 aliphatic rings. The summed E-state index contributed by atoms with van der Waals surface area (Å²) in [5.41, 5.74) is 2.14. The molecule has 0 N–H and O–H groups in total. The van der Waals surface area contributed by atoms with Gasteiger partial charge in [-0.1, -0.05) is 38.5 Å². The molecule has 1 aromatic rings. The zero-order valence-corrected chi connectivity index (χ0v) is 18.2. The molecule has 0 aliphatic heterocycles. The molecule has 4 heteroatoms. The van der Waals surface area contributed by atoms with E-state index >= 15 is 0 Å². The van der Waals surface area contributed by atoms with Crippen LogP contribution in [0.4, 0.5) is 0 Å². The normalized spacial score (nSPS) is 21.3. The van der Waals surface area contributed by atoms with E-state index in [1.165, 1.54) is 38.5 Å². The minimum absolute atomic E-state index is 0.234. The Morgan fingerprint density at radius 1 is 0.679 bits per heavy atom. The van der Waals surface area contributed by atoms with Crippen LogP contribution in [0.25, 0.3) is 0 Å². The van der Waals surface area contributed by atoms with E-state index in [0.717, 1.165) is 48.3 Å². The zero-order valence-electron chi connectivity index (χ0n) is 18.2. The van der Waals surface area contributed by atoms with Crippen molar-refractivity contribution in [3.63, 3.8) is 0 Å². The van der Waals surface area contributed by atoms with Gasteiger partial charge in [-0.15, -0.1) is 0 Å². The second-order valence-corrected chi connectivity index (χ2v) is 8.55. The maximum Gasteiger partial charge on any atom is 0.197 e. The van der Waals surface area contributed by atoms with Gasteiger partial charge < -0.3 is 18.9 Å². The fourth-order valence-electron chi connectivity index (χ4n) is 4.52. The summed E-state index contributed by atoms with van der Waals surface area (Å²) in [6, 6.07) is 4.08. The summed E-state index contributed by atoms with van der Waals surface area (Å²) >= 11 is 0. The number of ether oxygens (including phenoxy) is 4. The highest BCUT2D eigenvalue weighted by molar-refractivity contribution is 5.46. The Labute approximate surface area is 170 Å². The summed E-state index contributed by atoms with van der Waals surface area (Å²) in [6.45, 7) is 8.12. The first-order chi connectivity index (χ1) is 13.5. The SMILES string of the molecule is Cc1cc(OC(C)OC2CCCCC2)cc(C)c1OC(C)OC1CCCCC1. The van der Waals surface area contributed by atoms with Crippen molar-refractivity contribution in [2.75, 3.05) is 0 Å². The summed E-state index contributed by atoms with van der Waals surface area (Å²) in [5, 5.41) is 0. The smallest absolute Gasteiger partial charge is 0.197 e. The molecule has 2 unspecified atom stereocenters. The standard InChI is InChI=1S/C24H38O4/c1-17-15-23(27-19(3)25-21-11-7-5-8-12-21)16-18(2)24(17)28-20(4)26-22-13-9-6-10-14-22/h15-16,19-22H,5-14H2,1-4H3. The first kappa shape index (κ1) is 21.4. The molecule has 0 aromatic heterocycles. The van der Waals surface area contributed by atoms with E-state index in [9.17, 15) is 0 Å². The Bertz CT molecular complexity index is 580. The summed E-state index contributed by atoms with van der Waals surface area (Å²) in [4.78, 5) is 0. The predicted molar refractivity (Wildman–Crippen MR) is 112 cm³/mol. The lowest BCUT2D eigenvalue weighted by molar-refractivity contribution is -0.119. The first-order valence-electron chi connectivity index (χ1n) is 11.3. The fraction of sp³-hybridized carbons (Fsp3) is 0.750. The van der Waals surface area contributed by atoms with Crippen molar-refractivity contribution < 1.29 is 18.9 Å².